The Morgan fingerprint density at radius 3 is 2.74 bits per heavy atom. The molecular formula is C14H18ClFO3. The molecule has 1 atom stereocenters. The van der Waals surface area contributed by atoms with Crippen LogP contribution in [0, 0.1) is 5.82 Å². The number of aliphatic hydroxyl groups excluding tert-OH is 1. The van der Waals surface area contributed by atoms with E-state index in [0.717, 1.165) is 5.56 Å². The van der Waals surface area contributed by atoms with E-state index < -0.39 is 11.7 Å². The molecular weight excluding hydrogens is 271 g/mol. The van der Waals surface area contributed by atoms with E-state index in [1.807, 2.05) is 0 Å². The third kappa shape index (κ3) is 3.26. The third-order valence-electron chi connectivity index (χ3n) is 3.78. The maximum Gasteiger partial charge on any atom is 0.124 e. The Morgan fingerprint density at radius 1 is 1.47 bits per heavy atom. The molecule has 5 heteroatoms. The molecule has 1 aromatic carbocycles. The van der Waals surface area contributed by atoms with Crippen LogP contribution < -0.4 is 0 Å². The van der Waals surface area contributed by atoms with Gasteiger partial charge >= 0.3 is 0 Å². The molecule has 1 saturated heterocycles. The van der Waals surface area contributed by atoms with Gasteiger partial charge in [0.15, 0.2) is 0 Å². The number of hydrogen-bond donors (Lipinski definition) is 1. The molecule has 1 aliphatic heterocycles. The molecule has 106 valence electrons. The highest BCUT2D eigenvalue weighted by Crippen LogP contribution is 2.31. The van der Waals surface area contributed by atoms with Gasteiger partial charge in [-0.2, -0.15) is 0 Å². The van der Waals surface area contributed by atoms with Crippen LogP contribution in [0.15, 0.2) is 18.2 Å². The fourth-order valence-corrected chi connectivity index (χ4v) is 2.72. The quantitative estimate of drug-likeness (QED) is 0.925. The summed E-state index contributed by atoms with van der Waals surface area (Å²) in [5.41, 5.74) is 0.120. The molecule has 1 unspecified atom stereocenters. The SMILES string of the molecule is COC1(C(O)Cc2ccc(F)cc2Cl)CCOCC1. The molecule has 0 spiro atoms. The van der Waals surface area contributed by atoms with Crippen molar-refractivity contribution in [1.82, 2.24) is 0 Å². The molecule has 0 saturated carbocycles. The predicted molar refractivity (Wildman–Crippen MR) is 70.9 cm³/mol. The number of hydrogen-bond acceptors (Lipinski definition) is 3. The zero-order valence-corrected chi connectivity index (χ0v) is 11.6. The largest absolute Gasteiger partial charge is 0.390 e. The highest BCUT2D eigenvalue weighted by atomic mass is 35.5. The summed E-state index contributed by atoms with van der Waals surface area (Å²) < 4.78 is 23.8. The molecule has 1 aromatic rings. The van der Waals surface area contributed by atoms with Crippen LogP contribution in [0.1, 0.15) is 18.4 Å². The van der Waals surface area contributed by atoms with Crippen molar-refractivity contribution in [2.75, 3.05) is 20.3 Å². The molecule has 0 aliphatic carbocycles. The molecule has 1 heterocycles. The van der Waals surface area contributed by atoms with E-state index in [9.17, 15) is 9.50 Å². The van der Waals surface area contributed by atoms with Crippen LogP contribution in [0.25, 0.3) is 0 Å². The molecule has 0 aromatic heterocycles. The van der Waals surface area contributed by atoms with Crippen LogP contribution in [-0.2, 0) is 15.9 Å². The summed E-state index contributed by atoms with van der Waals surface area (Å²) in [6.45, 7) is 1.14. The van der Waals surface area contributed by atoms with Crippen LogP contribution >= 0.6 is 11.6 Å². The Hall–Kier alpha value is -0.680. The van der Waals surface area contributed by atoms with Gasteiger partial charge in [0.05, 0.1) is 11.7 Å². The number of aliphatic hydroxyl groups is 1. The lowest BCUT2D eigenvalue weighted by molar-refractivity contribution is -0.151. The lowest BCUT2D eigenvalue weighted by atomic mass is 9.84. The lowest BCUT2D eigenvalue weighted by Crippen LogP contribution is -2.49. The van der Waals surface area contributed by atoms with Crippen molar-refractivity contribution in [2.45, 2.75) is 31.0 Å². The first-order chi connectivity index (χ1) is 9.07. The zero-order valence-electron chi connectivity index (χ0n) is 10.9. The smallest absolute Gasteiger partial charge is 0.124 e. The molecule has 1 N–H and O–H groups in total. The summed E-state index contributed by atoms with van der Waals surface area (Å²) in [6.07, 6.45) is 0.935. The molecule has 1 aliphatic rings. The van der Waals surface area contributed by atoms with Crippen molar-refractivity contribution in [3.8, 4) is 0 Å². The zero-order chi connectivity index (χ0) is 13.9. The summed E-state index contributed by atoms with van der Waals surface area (Å²) in [5, 5.41) is 10.8. The summed E-state index contributed by atoms with van der Waals surface area (Å²) in [4.78, 5) is 0. The Kier molecular flexibility index (Phi) is 4.79. The van der Waals surface area contributed by atoms with Gasteiger partial charge in [0.25, 0.3) is 0 Å². The van der Waals surface area contributed by atoms with Crippen molar-refractivity contribution in [1.29, 1.82) is 0 Å². The van der Waals surface area contributed by atoms with E-state index in [4.69, 9.17) is 21.1 Å². The van der Waals surface area contributed by atoms with E-state index in [-0.39, 0.29) is 5.82 Å². The fourth-order valence-electron chi connectivity index (χ4n) is 2.47. The van der Waals surface area contributed by atoms with E-state index in [0.29, 0.717) is 37.5 Å². The number of benzene rings is 1. The fraction of sp³-hybridized carbons (Fsp3) is 0.571. The first-order valence-electron chi connectivity index (χ1n) is 6.32. The standard InChI is InChI=1S/C14H18ClFO3/c1-18-14(4-6-19-7-5-14)13(17)8-10-2-3-11(16)9-12(10)15/h2-3,9,13,17H,4-8H2,1H3. The normalized spacial score (nSPS) is 20.2. The van der Waals surface area contributed by atoms with E-state index >= 15 is 0 Å². The number of ether oxygens (including phenoxy) is 2. The minimum absolute atomic E-state index is 0.331. The minimum Gasteiger partial charge on any atom is -0.390 e. The van der Waals surface area contributed by atoms with Gasteiger partial charge in [-0.1, -0.05) is 17.7 Å². The second-order valence-corrected chi connectivity index (χ2v) is 5.24. The van der Waals surface area contributed by atoms with Crippen LogP contribution in [-0.4, -0.2) is 37.1 Å². The Bertz CT molecular complexity index is 433. The first-order valence-corrected chi connectivity index (χ1v) is 6.70. The average molecular weight is 289 g/mol. The van der Waals surface area contributed by atoms with Gasteiger partial charge in [0.2, 0.25) is 0 Å². The monoisotopic (exact) mass is 288 g/mol. The number of rotatable bonds is 4. The van der Waals surface area contributed by atoms with Gasteiger partial charge < -0.3 is 14.6 Å². The highest BCUT2D eigenvalue weighted by molar-refractivity contribution is 6.31. The van der Waals surface area contributed by atoms with Crippen molar-refractivity contribution >= 4 is 11.6 Å². The Balaban J connectivity index is 2.12. The summed E-state index contributed by atoms with van der Waals surface area (Å²) in [5.74, 6) is -0.379. The Morgan fingerprint density at radius 2 is 2.16 bits per heavy atom. The third-order valence-corrected chi connectivity index (χ3v) is 4.13. The van der Waals surface area contributed by atoms with Crippen LogP contribution in [0.4, 0.5) is 4.39 Å². The summed E-state index contributed by atoms with van der Waals surface area (Å²) >= 11 is 5.98. The first kappa shape index (κ1) is 14.7. The van der Waals surface area contributed by atoms with Gasteiger partial charge in [-0.15, -0.1) is 0 Å². The Labute approximate surface area is 117 Å². The van der Waals surface area contributed by atoms with Crippen LogP contribution in [0.5, 0.6) is 0 Å². The van der Waals surface area contributed by atoms with Gasteiger partial charge in [0.1, 0.15) is 5.82 Å². The molecule has 0 amide bonds. The van der Waals surface area contributed by atoms with E-state index in [2.05, 4.69) is 0 Å². The molecule has 0 radical (unpaired) electrons. The molecule has 0 bridgehead atoms. The molecule has 19 heavy (non-hydrogen) atoms. The number of methoxy groups -OCH3 is 1. The highest BCUT2D eigenvalue weighted by Gasteiger charge is 2.39. The average Bonchev–Trinajstić information content (AvgIpc) is 2.42. The second-order valence-electron chi connectivity index (χ2n) is 4.84. The topological polar surface area (TPSA) is 38.7 Å². The maximum atomic E-state index is 13.0. The van der Waals surface area contributed by atoms with Gasteiger partial charge in [-0.3, -0.25) is 0 Å². The van der Waals surface area contributed by atoms with E-state index in [1.165, 1.54) is 12.1 Å². The van der Waals surface area contributed by atoms with Crippen molar-refractivity contribution in [3.05, 3.63) is 34.6 Å². The van der Waals surface area contributed by atoms with Crippen molar-refractivity contribution in [2.24, 2.45) is 0 Å². The molecule has 1 fully saturated rings. The predicted octanol–water partition coefficient (Wildman–Crippen LogP) is 2.58. The number of halogens is 2. The van der Waals surface area contributed by atoms with Gasteiger partial charge in [-0.25, -0.2) is 4.39 Å². The van der Waals surface area contributed by atoms with Crippen molar-refractivity contribution < 1.29 is 19.0 Å². The molecule has 2 rings (SSSR count). The molecule has 3 nitrogen and oxygen atoms in total. The summed E-state index contributed by atoms with van der Waals surface area (Å²) in [7, 11) is 1.60. The van der Waals surface area contributed by atoms with Gasteiger partial charge in [-0.05, 0) is 17.7 Å². The maximum absolute atomic E-state index is 13.0. The van der Waals surface area contributed by atoms with Crippen LogP contribution in [0.2, 0.25) is 5.02 Å². The lowest BCUT2D eigenvalue weighted by Gasteiger charge is -2.39. The second kappa shape index (κ2) is 6.18. The van der Waals surface area contributed by atoms with Crippen LogP contribution in [0.3, 0.4) is 0 Å². The summed E-state index contributed by atoms with van der Waals surface area (Å²) in [6, 6.07) is 4.20. The van der Waals surface area contributed by atoms with Crippen molar-refractivity contribution in [3.63, 3.8) is 0 Å². The minimum atomic E-state index is -0.690. The van der Waals surface area contributed by atoms with E-state index in [1.54, 1.807) is 13.2 Å². The van der Waals surface area contributed by atoms with Gasteiger partial charge in [0, 0.05) is 44.6 Å².